The van der Waals surface area contributed by atoms with Gasteiger partial charge in [-0.05, 0) is 113 Å². The second-order valence-corrected chi connectivity index (χ2v) is 13.1. The van der Waals surface area contributed by atoms with Crippen LogP contribution in [0, 0.1) is 0 Å². The minimum absolute atomic E-state index is 0.0957. The number of likely N-dealkylation sites (tertiary alicyclic amines) is 2. The molecule has 2 aromatic carbocycles. The molecule has 4 aliphatic rings. The average Bonchev–Trinajstić information content (AvgIpc) is 3.47. The third-order valence-electron chi connectivity index (χ3n) is 10.7. The average molecular weight is 565 g/mol. The monoisotopic (exact) mass is 564 g/mol. The summed E-state index contributed by atoms with van der Waals surface area (Å²) in [5, 5.41) is 10.2. The molecule has 0 saturated carbocycles. The molecule has 2 amide bonds. The topological polar surface area (TPSA) is 79.2 Å². The highest BCUT2D eigenvalue weighted by molar-refractivity contribution is 5.90. The van der Waals surface area contributed by atoms with Crippen molar-refractivity contribution in [1.29, 1.82) is 0 Å². The van der Waals surface area contributed by atoms with Crippen molar-refractivity contribution in [2.45, 2.75) is 89.4 Å². The largest absolute Gasteiger partial charge is 0.356 e. The number of aromatic nitrogens is 2. The standard InChI is InChI=1S/C35H44N6O/c1-21-23-9-7-11-27-31(23)25(15-17-36-21)33(38-27)29-13-3-5-19-40(29)35(42)41-20-6-4-14-30(41)34-26-16-18-37-22(2)24-10-8-12-28(39-34)32(24)26/h7-12,21-22,29-30,36-39H,3-6,13-20H2,1-2H3. The van der Waals surface area contributed by atoms with E-state index in [1.807, 2.05) is 0 Å². The zero-order valence-corrected chi connectivity index (χ0v) is 25.1. The number of H-pyrrole nitrogens is 2. The van der Waals surface area contributed by atoms with Gasteiger partial charge in [0.15, 0.2) is 0 Å². The van der Waals surface area contributed by atoms with Crippen LogP contribution in [-0.2, 0) is 12.8 Å². The molecule has 0 spiro atoms. The van der Waals surface area contributed by atoms with E-state index in [1.54, 1.807) is 0 Å². The summed E-state index contributed by atoms with van der Waals surface area (Å²) >= 11 is 0. The van der Waals surface area contributed by atoms with Crippen molar-refractivity contribution in [3.8, 4) is 0 Å². The van der Waals surface area contributed by atoms with Crippen LogP contribution in [0.25, 0.3) is 21.8 Å². The van der Waals surface area contributed by atoms with Gasteiger partial charge in [0.05, 0.1) is 12.1 Å². The predicted molar refractivity (Wildman–Crippen MR) is 169 cm³/mol. The molecule has 4 aliphatic heterocycles. The van der Waals surface area contributed by atoms with E-state index in [9.17, 15) is 4.79 Å². The highest BCUT2D eigenvalue weighted by Crippen LogP contribution is 2.43. The quantitative estimate of drug-likeness (QED) is 0.213. The Morgan fingerprint density at radius 2 is 1.17 bits per heavy atom. The summed E-state index contributed by atoms with van der Waals surface area (Å²) < 4.78 is 0. The van der Waals surface area contributed by atoms with Gasteiger partial charge in [0, 0.05) is 58.4 Å². The number of hydrogen-bond donors (Lipinski definition) is 4. The van der Waals surface area contributed by atoms with Gasteiger partial charge in [-0.1, -0.05) is 24.3 Å². The van der Waals surface area contributed by atoms with Crippen LogP contribution < -0.4 is 10.6 Å². The van der Waals surface area contributed by atoms with Crippen molar-refractivity contribution in [2.24, 2.45) is 0 Å². The van der Waals surface area contributed by atoms with Crippen molar-refractivity contribution in [3.05, 3.63) is 70.0 Å². The van der Waals surface area contributed by atoms with Crippen LogP contribution in [0.15, 0.2) is 36.4 Å². The summed E-state index contributed by atoms with van der Waals surface area (Å²) in [6, 6.07) is 14.4. The van der Waals surface area contributed by atoms with E-state index in [1.165, 1.54) is 55.4 Å². The number of carbonyl (C=O) groups is 1. The lowest BCUT2D eigenvalue weighted by Gasteiger charge is -2.43. The number of nitrogens with one attached hydrogen (secondary N) is 4. The summed E-state index contributed by atoms with van der Waals surface area (Å²) in [6.07, 6.45) is 8.50. The van der Waals surface area contributed by atoms with Gasteiger partial charge in [-0.2, -0.15) is 0 Å². The van der Waals surface area contributed by atoms with Crippen LogP contribution in [0.2, 0.25) is 0 Å². The van der Waals surface area contributed by atoms with Gasteiger partial charge in [0.1, 0.15) is 0 Å². The van der Waals surface area contributed by atoms with Crippen LogP contribution in [0.4, 0.5) is 4.79 Å². The highest BCUT2D eigenvalue weighted by atomic mass is 16.2. The zero-order chi connectivity index (χ0) is 28.4. The number of amides is 2. The molecule has 220 valence electrons. The number of hydrogen-bond acceptors (Lipinski definition) is 3. The Hall–Kier alpha value is -3.29. The first-order valence-corrected chi connectivity index (χ1v) is 16.4. The first-order chi connectivity index (χ1) is 20.6. The molecule has 42 heavy (non-hydrogen) atoms. The molecule has 2 saturated heterocycles. The minimum atomic E-state index is 0.0957. The molecule has 4 aromatic rings. The minimum Gasteiger partial charge on any atom is -0.356 e. The fourth-order valence-electron chi connectivity index (χ4n) is 8.68. The number of benzene rings is 2. The Morgan fingerprint density at radius 3 is 1.64 bits per heavy atom. The highest BCUT2D eigenvalue weighted by Gasteiger charge is 2.39. The Kier molecular flexibility index (Phi) is 6.56. The fourth-order valence-corrected chi connectivity index (χ4v) is 8.68. The Labute approximate surface area is 248 Å². The summed E-state index contributed by atoms with van der Waals surface area (Å²) in [5.74, 6) is 0. The van der Waals surface area contributed by atoms with Crippen molar-refractivity contribution in [2.75, 3.05) is 26.2 Å². The maximum atomic E-state index is 14.8. The van der Waals surface area contributed by atoms with Crippen LogP contribution >= 0.6 is 0 Å². The molecule has 7 nitrogen and oxygen atoms in total. The molecule has 0 aliphatic carbocycles. The van der Waals surface area contributed by atoms with E-state index in [0.29, 0.717) is 12.1 Å². The Morgan fingerprint density at radius 1 is 0.690 bits per heavy atom. The van der Waals surface area contributed by atoms with E-state index in [4.69, 9.17) is 0 Å². The maximum Gasteiger partial charge on any atom is 0.321 e. The summed E-state index contributed by atoms with van der Waals surface area (Å²) in [5.41, 5.74) is 10.6. The van der Waals surface area contributed by atoms with Gasteiger partial charge < -0.3 is 30.4 Å². The van der Waals surface area contributed by atoms with E-state index in [0.717, 1.165) is 77.5 Å². The lowest BCUT2D eigenvalue weighted by Crippen LogP contribution is -2.50. The number of urea groups is 1. The van der Waals surface area contributed by atoms with Gasteiger partial charge in [0.2, 0.25) is 0 Å². The van der Waals surface area contributed by atoms with Crippen molar-refractivity contribution in [3.63, 3.8) is 0 Å². The van der Waals surface area contributed by atoms with Gasteiger partial charge in [-0.25, -0.2) is 4.79 Å². The van der Waals surface area contributed by atoms with Gasteiger partial charge in [-0.3, -0.25) is 0 Å². The Balaban J connectivity index is 1.18. The summed E-state index contributed by atoms with van der Waals surface area (Å²) in [4.78, 5) is 26.9. The number of nitrogens with zero attached hydrogens (tertiary/aromatic N) is 2. The van der Waals surface area contributed by atoms with E-state index in [-0.39, 0.29) is 18.1 Å². The second kappa shape index (κ2) is 10.5. The van der Waals surface area contributed by atoms with Crippen molar-refractivity contribution >= 4 is 27.8 Å². The zero-order valence-electron chi connectivity index (χ0n) is 25.1. The number of carbonyl (C=O) groups excluding carboxylic acids is 1. The lowest BCUT2D eigenvalue weighted by molar-refractivity contribution is 0.0853. The molecule has 7 heteroatoms. The molecule has 0 bridgehead atoms. The molecule has 2 aromatic heterocycles. The lowest BCUT2D eigenvalue weighted by atomic mass is 9.92. The van der Waals surface area contributed by atoms with Crippen molar-refractivity contribution < 1.29 is 4.79 Å². The molecular formula is C35H44N6O. The molecular weight excluding hydrogens is 520 g/mol. The second-order valence-electron chi connectivity index (χ2n) is 13.1. The van der Waals surface area contributed by atoms with Crippen LogP contribution in [-0.4, -0.2) is 52.0 Å². The molecule has 0 radical (unpaired) electrons. The third kappa shape index (κ3) is 4.11. The fraction of sp³-hybridized carbons (Fsp3) is 0.514. The molecule has 6 heterocycles. The van der Waals surface area contributed by atoms with Crippen LogP contribution in [0.3, 0.4) is 0 Å². The van der Waals surface area contributed by atoms with Gasteiger partial charge >= 0.3 is 6.03 Å². The normalized spacial score (nSPS) is 26.4. The van der Waals surface area contributed by atoms with Crippen LogP contribution in [0.1, 0.15) is 110 Å². The molecule has 4 N–H and O–H groups in total. The van der Waals surface area contributed by atoms with Gasteiger partial charge in [-0.15, -0.1) is 0 Å². The van der Waals surface area contributed by atoms with E-state index >= 15 is 0 Å². The number of rotatable bonds is 2. The van der Waals surface area contributed by atoms with E-state index in [2.05, 4.69) is 80.6 Å². The predicted octanol–water partition coefficient (Wildman–Crippen LogP) is 6.94. The maximum absolute atomic E-state index is 14.8. The third-order valence-corrected chi connectivity index (χ3v) is 10.7. The number of aromatic amines is 2. The summed E-state index contributed by atoms with van der Waals surface area (Å²) in [7, 11) is 0. The SMILES string of the molecule is CC1NCCc2c(C3CCCCN3C(=O)N3CCCCC3c3[nH]c4cccc5c4c3CCNC5C)[nH]c3cccc1c23. The van der Waals surface area contributed by atoms with Crippen LogP contribution in [0.5, 0.6) is 0 Å². The van der Waals surface area contributed by atoms with Gasteiger partial charge in [0.25, 0.3) is 0 Å². The number of piperidine rings is 2. The molecule has 4 unspecified atom stereocenters. The van der Waals surface area contributed by atoms with Crippen molar-refractivity contribution in [1.82, 2.24) is 30.4 Å². The van der Waals surface area contributed by atoms with E-state index < -0.39 is 0 Å². The molecule has 2 fully saturated rings. The molecule has 4 atom stereocenters. The molecule has 8 rings (SSSR count). The Bertz CT molecular complexity index is 1530. The smallest absolute Gasteiger partial charge is 0.321 e. The first kappa shape index (κ1) is 26.3. The summed E-state index contributed by atoms with van der Waals surface area (Å²) in [6.45, 7) is 8.11. The first-order valence-electron chi connectivity index (χ1n) is 16.4.